The van der Waals surface area contributed by atoms with Crippen molar-refractivity contribution < 1.29 is 14.6 Å². The summed E-state index contributed by atoms with van der Waals surface area (Å²) in [5, 5.41) is 9.50. The van der Waals surface area contributed by atoms with E-state index in [1.54, 1.807) is 46.0 Å². The first-order valence-corrected chi connectivity index (χ1v) is 11.1. The quantitative estimate of drug-likeness (QED) is 0.474. The number of carbonyl (C=O) groups is 1. The van der Waals surface area contributed by atoms with E-state index >= 15 is 0 Å². The van der Waals surface area contributed by atoms with Crippen molar-refractivity contribution in [3.05, 3.63) is 91.8 Å². The van der Waals surface area contributed by atoms with Crippen LogP contribution in [0.2, 0.25) is 0 Å². The van der Waals surface area contributed by atoms with Crippen molar-refractivity contribution >= 4 is 17.0 Å². The highest BCUT2D eigenvalue weighted by atomic mass is 16.5. The van der Waals surface area contributed by atoms with Crippen LogP contribution < -0.4 is 16.0 Å². The van der Waals surface area contributed by atoms with Crippen molar-refractivity contribution in [2.24, 2.45) is 14.1 Å². The predicted octanol–water partition coefficient (Wildman–Crippen LogP) is 2.74. The number of aromatic nitrogens is 3. The molecule has 1 N–H and O–H groups in total. The Balaban J connectivity index is 1.59. The van der Waals surface area contributed by atoms with E-state index in [9.17, 15) is 19.5 Å². The molecule has 2 aromatic heterocycles. The number of hydrogen-bond donors (Lipinski definition) is 1. The summed E-state index contributed by atoms with van der Waals surface area (Å²) in [6.07, 6.45) is 0.665. The number of ether oxygens (including phenoxy) is 1. The smallest absolute Gasteiger partial charge is 0.328 e. The van der Waals surface area contributed by atoms with E-state index in [4.69, 9.17) is 4.74 Å². The van der Waals surface area contributed by atoms with Gasteiger partial charge in [-0.15, -0.1) is 0 Å². The number of imidazole rings is 1. The Morgan fingerprint density at radius 3 is 2.41 bits per heavy atom. The van der Waals surface area contributed by atoms with Crippen LogP contribution in [0, 0.1) is 6.92 Å². The van der Waals surface area contributed by atoms with Crippen LogP contribution in [0.5, 0.6) is 11.5 Å². The van der Waals surface area contributed by atoms with Crippen molar-refractivity contribution in [1.29, 1.82) is 0 Å². The highest BCUT2D eigenvalue weighted by molar-refractivity contribution is 5.80. The van der Waals surface area contributed by atoms with E-state index in [0.29, 0.717) is 30.0 Å². The lowest BCUT2D eigenvalue weighted by atomic mass is 9.86. The summed E-state index contributed by atoms with van der Waals surface area (Å²) in [6, 6.07) is 14.3. The average molecular weight is 460 g/mol. The fourth-order valence-electron chi connectivity index (χ4n) is 4.80. The van der Waals surface area contributed by atoms with Gasteiger partial charge in [0.15, 0.2) is 0 Å². The summed E-state index contributed by atoms with van der Waals surface area (Å²) < 4.78 is 10.3. The molecule has 5 rings (SSSR count). The van der Waals surface area contributed by atoms with Crippen LogP contribution in [0.15, 0.2) is 58.1 Å². The summed E-state index contributed by atoms with van der Waals surface area (Å²) >= 11 is 0. The minimum Gasteiger partial charge on any atom is -0.508 e. The summed E-state index contributed by atoms with van der Waals surface area (Å²) in [4.78, 5) is 38.4. The second-order valence-electron chi connectivity index (χ2n) is 8.82. The van der Waals surface area contributed by atoms with Crippen molar-refractivity contribution in [3.8, 4) is 11.5 Å². The van der Waals surface area contributed by atoms with Gasteiger partial charge in [-0.3, -0.25) is 18.7 Å². The number of esters is 1. The Hall–Kier alpha value is -4.07. The van der Waals surface area contributed by atoms with Crippen LogP contribution in [0.4, 0.5) is 0 Å². The third kappa shape index (κ3) is 3.51. The van der Waals surface area contributed by atoms with E-state index in [-0.39, 0.29) is 29.4 Å². The number of benzene rings is 2. The third-order valence-corrected chi connectivity index (χ3v) is 6.71. The Morgan fingerprint density at radius 2 is 1.68 bits per heavy atom. The number of carbonyl (C=O) groups excluding carboxylic acids is 1. The molecule has 0 fully saturated rings. The van der Waals surface area contributed by atoms with Crippen molar-refractivity contribution in [2.75, 3.05) is 0 Å². The molecule has 0 bridgehead atoms. The van der Waals surface area contributed by atoms with Gasteiger partial charge >= 0.3 is 11.7 Å². The Kier molecular flexibility index (Phi) is 5.16. The molecule has 2 aromatic carbocycles. The monoisotopic (exact) mass is 459 g/mol. The maximum atomic E-state index is 13.7. The number of aryl methyl sites for hydroxylation is 4. The summed E-state index contributed by atoms with van der Waals surface area (Å²) in [7, 11) is 3.42. The SMILES string of the molecule is Cc1cc2c(c(=O)n1CCc1ccc(O)cc1)C(c1ccc3c(c1)n(C)c(=O)n3C)CC(=O)O2. The van der Waals surface area contributed by atoms with Gasteiger partial charge in [0.25, 0.3) is 5.56 Å². The number of fused-ring (bicyclic) bond motifs is 2. The third-order valence-electron chi connectivity index (χ3n) is 6.71. The Bertz CT molecular complexity index is 1560. The van der Waals surface area contributed by atoms with Crippen LogP contribution in [0.1, 0.15) is 34.7 Å². The molecule has 1 aliphatic heterocycles. The number of phenols is 1. The zero-order chi connectivity index (χ0) is 24.1. The number of pyridine rings is 1. The number of nitrogens with zero attached hydrogens (tertiary/aromatic N) is 3. The zero-order valence-electron chi connectivity index (χ0n) is 19.2. The maximum Gasteiger partial charge on any atom is 0.328 e. The predicted molar refractivity (Wildman–Crippen MR) is 128 cm³/mol. The molecule has 0 saturated carbocycles. The first kappa shape index (κ1) is 21.8. The van der Waals surface area contributed by atoms with E-state index < -0.39 is 5.92 Å². The minimum absolute atomic E-state index is 0.0511. The lowest BCUT2D eigenvalue weighted by molar-refractivity contribution is -0.135. The van der Waals surface area contributed by atoms with Crippen LogP contribution in [-0.2, 0) is 31.9 Å². The molecule has 3 heterocycles. The summed E-state index contributed by atoms with van der Waals surface area (Å²) in [6.45, 7) is 2.28. The highest BCUT2D eigenvalue weighted by Gasteiger charge is 2.33. The molecule has 4 aromatic rings. The van der Waals surface area contributed by atoms with Gasteiger partial charge in [0.05, 0.1) is 23.0 Å². The molecule has 8 heteroatoms. The largest absolute Gasteiger partial charge is 0.508 e. The van der Waals surface area contributed by atoms with Gasteiger partial charge in [0, 0.05) is 38.3 Å². The second kappa shape index (κ2) is 8.06. The molecular formula is C26H25N3O5. The fraction of sp³-hybridized carbons (Fsp3) is 0.269. The molecule has 34 heavy (non-hydrogen) atoms. The zero-order valence-corrected chi connectivity index (χ0v) is 19.2. The van der Waals surface area contributed by atoms with Crippen LogP contribution >= 0.6 is 0 Å². The van der Waals surface area contributed by atoms with Crippen molar-refractivity contribution in [3.63, 3.8) is 0 Å². The molecule has 0 spiro atoms. The van der Waals surface area contributed by atoms with Crippen LogP contribution in [0.3, 0.4) is 0 Å². The Labute approximate surface area is 195 Å². The van der Waals surface area contributed by atoms with Gasteiger partial charge < -0.3 is 14.4 Å². The fourth-order valence-corrected chi connectivity index (χ4v) is 4.80. The number of rotatable bonds is 4. The molecule has 1 atom stereocenters. The molecule has 0 amide bonds. The lowest BCUT2D eigenvalue weighted by Gasteiger charge is -2.26. The normalized spacial score (nSPS) is 15.4. The summed E-state index contributed by atoms with van der Waals surface area (Å²) in [5.74, 6) is -0.362. The Morgan fingerprint density at radius 1 is 0.971 bits per heavy atom. The maximum absolute atomic E-state index is 13.7. The average Bonchev–Trinajstić information content (AvgIpc) is 3.03. The second-order valence-corrected chi connectivity index (χ2v) is 8.82. The number of phenolic OH excluding ortho intramolecular Hbond substituents is 1. The van der Waals surface area contributed by atoms with Gasteiger partial charge in [-0.2, -0.15) is 0 Å². The van der Waals surface area contributed by atoms with E-state index in [2.05, 4.69) is 0 Å². The molecule has 8 nitrogen and oxygen atoms in total. The van der Waals surface area contributed by atoms with Gasteiger partial charge in [0.1, 0.15) is 11.5 Å². The van der Waals surface area contributed by atoms with Gasteiger partial charge in [0.2, 0.25) is 0 Å². The molecule has 1 unspecified atom stereocenters. The molecule has 0 saturated heterocycles. The number of hydrogen-bond acceptors (Lipinski definition) is 5. The van der Waals surface area contributed by atoms with Crippen molar-refractivity contribution in [1.82, 2.24) is 13.7 Å². The summed E-state index contributed by atoms with van der Waals surface area (Å²) in [5.41, 5.74) is 4.15. The molecule has 0 radical (unpaired) electrons. The lowest BCUT2D eigenvalue weighted by Crippen LogP contribution is -2.33. The molecule has 174 valence electrons. The van der Waals surface area contributed by atoms with E-state index in [0.717, 1.165) is 22.2 Å². The molecule has 0 aliphatic carbocycles. The molecular weight excluding hydrogens is 434 g/mol. The van der Waals surface area contributed by atoms with Gasteiger partial charge in [-0.25, -0.2) is 4.79 Å². The number of aromatic hydroxyl groups is 1. The highest BCUT2D eigenvalue weighted by Crippen LogP contribution is 2.37. The van der Waals surface area contributed by atoms with Crippen LogP contribution in [-0.4, -0.2) is 24.8 Å². The van der Waals surface area contributed by atoms with Gasteiger partial charge in [-0.1, -0.05) is 18.2 Å². The topological polar surface area (TPSA) is 95.5 Å². The van der Waals surface area contributed by atoms with E-state index in [1.165, 1.54) is 0 Å². The minimum atomic E-state index is -0.469. The van der Waals surface area contributed by atoms with E-state index in [1.807, 2.05) is 37.3 Å². The van der Waals surface area contributed by atoms with Crippen molar-refractivity contribution in [2.45, 2.75) is 32.2 Å². The first-order valence-electron chi connectivity index (χ1n) is 11.1. The van der Waals surface area contributed by atoms with Gasteiger partial charge in [-0.05, 0) is 48.7 Å². The van der Waals surface area contributed by atoms with Crippen LogP contribution in [0.25, 0.3) is 11.0 Å². The first-order chi connectivity index (χ1) is 16.2. The molecule has 1 aliphatic rings. The standard InChI is InChI=1S/C26H25N3O5/c1-15-12-22-24(25(32)29(15)11-10-16-4-7-18(30)8-5-16)19(14-23(31)34-22)17-6-9-20-21(13-17)28(3)26(33)27(20)2/h4-9,12-13,19,30H,10-11,14H2,1-3H3.